The summed E-state index contributed by atoms with van der Waals surface area (Å²) in [6.45, 7) is 0. The summed E-state index contributed by atoms with van der Waals surface area (Å²) in [4.78, 5) is 32.0. The van der Waals surface area contributed by atoms with Crippen molar-refractivity contribution >= 4 is 75.8 Å². The molecule has 5 rings (SSSR count). The Labute approximate surface area is 278 Å². The van der Waals surface area contributed by atoms with Crippen LogP contribution in [-0.4, -0.2) is 58.5 Å². The molecular weight excluding hydrogens is 703 g/mol. The zero-order chi connectivity index (χ0) is 35.7. The smallest absolute Gasteiger partial charge is 0.335 e. The highest BCUT2D eigenvalue weighted by atomic mass is 32.2. The van der Waals surface area contributed by atoms with Crippen LogP contribution in [0.3, 0.4) is 0 Å². The monoisotopic (exact) mass is 725 g/mol. The van der Waals surface area contributed by atoms with Crippen LogP contribution in [0.15, 0.2) is 118 Å². The fraction of sp³-hybridized carbons (Fsp3) is 0. The van der Waals surface area contributed by atoms with Crippen molar-refractivity contribution in [3.05, 3.63) is 120 Å². The third kappa shape index (κ3) is 7.61. The number of sulfonamides is 3. The molecule has 5 aromatic carbocycles. The highest BCUT2D eigenvalue weighted by Gasteiger charge is 2.25. The Morgan fingerprint density at radius 2 is 0.776 bits per heavy atom. The maximum absolute atomic E-state index is 13.7. The first kappa shape index (κ1) is 34.4. The lowest BCUT2D eigenvalue weighted by Gasteiger charge is -2.15. The van der Waals surface area contributed by atoms with Gasteiger partial charge in [-0.05, 0) is 102 Å². The normalized spacial score (nSPS) is 11.8. The highest BCUT2D eigenvalue weighted by Crippen LogP contribution is 2.32. The number of nitrogens with one attached hydrogen (secondary N) is 3. The first-order valence-corrected chi connectivity index (χ1v) is 18.1. The van der Waals surface area contributed by atoms with Gasteiger partial charge in [0.05, 0.1) is 31.4 Å². The Balaban J connectivity index is 1.60. The Hall–Kier alpha value is -5.98. The van der Waals surface area contributed by atoms with Crippen LogP contribution in [0, 0.1) is 0 Å². The molecule has 0 heterocycles. The fourth-order valence-corrected chi connectivity index (χ4v) is 8.11. The van der Waals surface area contributed by atoms with Gasteiger partial charge in [-0.25, -0.2) is 39.6 Å². The van der Waals surface area contributed by atoms with Crippen molar-refractivity contribution in [3.8, 4) is 0 Å². The van der Waals surface area contributed by atoms with E-state index in [1.165, 1.54) is 48.5 Å². The highest BCUT2D eigenvalue weighted by molar-refractivity contribution is 7.94. The van der Waals surface area contributed by atoms with Gasteiger partial charge in [-0.3, -0.25) is 14.2 Å². The lowest BCUT2D eigenvalue weighted by atomic mass is 10.1. The van der Waals surface area contributed by atoms with Crippen molar-refractivity contribution in [2.45, 2.75) is 14.7 Å². The fourth-order valence-electron chi connectivity index (χ4n) is 4.51. The quantitative estimate of drug-likeness (QED) is 0.105. The Kier molecular flexibility index (Phi) is 9.05. The van der Waals surface area contributed by atoms with E-state index in [2.05, 4.69) is 14.2 Å². The number of aromatic carboxylic acids is 3. The second kappa shape index (κ2) is 12.9. The molecule has 0 aliphatic rings. The minimum absolute atomic E-state index is 0.0147. The summed E-state index contributed by atoms with van der Waals surface area (Å²) in [6.07, 6.45) is 0. The Bertz CT molecular complexity index is 2460. The third-order valence-electron chi connectivity index (χ3n) is 6.92. The van der Waals surface area contributed by atoms with E-state index in [-0.39, 0.29) is 44.5 Å². The van der Waals surface area contributed by atoms with Gasteiger partial charge in [-0.1, -0.05) is 6.07 Å². The molecule has 18 heteroatoms. The molecule has 0 atom stereocenters. The molecule has 0 spiro atoms. The molecule has 252 valence electrons. The van der Waals surface area contributed by atoms with Gasteiger partial charge in [0.2, 0.25) is 0 Å². The standard InChI is InChI=1S/C31H23N3O12S3/c35-29(36)18-1-7-22(8-2-18)32-47(41,42)25-13-14-27-21(15-25)16-26(48(43,44)33-23-9-3-19(4-10-23)30(37)38)17-28(27)49(45,46)34-24-11-5-20(6-12-24)31(39)40/h1-17,32-34H,(H,35,36)(H,37,38)(H,39,40). The summed E-state index contributed by atoms with van der Waals surface area (Å²) in [5, 5.41) is 27.2. The topological polar surface area (TPSA) is 250 Å². The third-order valence-corrected chi connectivity index (χ3v) is 11.1. The van der Waals surface area contributed by atoms with E-state index >= 15 is 0 Å². The molecule has 0 saturated heterocycles. The number of hydrogen-bond acceptors (Lipinski definition) is 9. The number of carbonyl (C=O) groups is 3. The van der Waals surface area contributed by atoms with Gasteiger partial charge in [0.15, 0.2) is 0 Å². The minimum atomic E-state index is -4.62. The predicted octanol–water partition coefficient (Wildman–Crippen LogP) is 4.34. The van der Waals surface area contributed by atoms with Gasteiger partial charge in [0, 0.05) is 22.4 Å². The number of benzene rings is 5. The molecule has 0 bridgehead atoms. The zero-order valence-corrected chi connectivity index (χ0v) is 27.0. The summed E-state index contributed by atoms with van der Waals surface area (Å²) in [7, 11) is -13.6. The van der Waals surface area contributed by atoms with Crippen LogP contribution in [0.25, 0.3) is 10.8 Å². The number of anilines is 3. The summed E-state index contributed by atoms with van der Waals surface area (Å²) in [5.74, 6) is -3.72. The van der Waals surface area contributed by atoms with Crippen molar-refractivity contribution in [1.29, 1.82) is 0 Å². The van der Waals surface area contributed by atoms with Gasteiger partial charge in [0.25, 0.3) is 30.1 Å². The van der Waals surface area contributed by atoms with E-state index in [0.29, 0.717) is 0 Å². The molecule has 0 saturated carbocycles. The van der Waals surface area contributed by atoms with Gasteiger partial charge >= 0.3 is 17.9 Å². The maximum atomic E-state index is 13.7. The number of fused-ring (bicyclic) bond motifs is 1. The molecule has 6 N–H and O–H groups in total. The molecule has 0 amide bonds. The molecule has 49 heavy (non-hydrogen) atoms. The van der Waals surface area contributed by atoms with Gasteiger partial charge in [-0.2, -0.15) is 0 Å². The van der Waals surface area contributed by atoms with E-state index in [0.717, 1.165) is 54.6 Å². The van der Waals surface area contributed by atoms with Gasteiger partial charge in [0.1, 0.15) is 0 Å². The first-order chi connectivity index (χ1) is 22.9. The van der Waals surface area contributed by atoms with Gasteiger partial charge < -0.3 is 15.3 Å². The minimum Gasteiger partial charge on any atom is -0.478 e. The van der Waals surface area contributed by atoms with E-state index in [4.69, 9.17) is 15.3 Å². The van der Waals surface area contributed by atoms with Crippen molar-refractivity contribution in [2.24, 2.45) is 0 Å². The average Bonchev–Trinajstić information content (AvgIpc) is 3.04. The first-order valence-electron chi connectivity index (χ1n) is 13.6. The number of carboxylic acids is 3. The molecule has 0 aromatic heterocycles. The van der Waals surface area contributed by atoms with Crippen LogP contribution in [-0.2, 0) is 30.1 Å². The second-order valence-corrected chi connectivity index (χ2v) is 15.3. The molecule has 0 aliphatic carbocycles. The van der Waals surface area contributed by atoms with Gasteiger partial charge in [-0.15, -0.1) is 0 Å². The molecule has 0 radical (unpaired) electrons. The molecule has 15 nitrogen and oxygen atoms in total. The Morgan fingerprint density at radius 1 is 0.429 bits per heavy atom. The second-order valence-electron chi connectivity index (χ2n) is 10.3. The Morgan fingerprint density at radius 3 is 1.16 bits per heavy atom. The van der Waals surface area contributed by atoms with Crippen molar-refractivity contribution in [1.82, 2.24) is 0 Å². The molecule has 0 unspecified atom stereocenters. The van der Waals surface area contributed by atoms with E-state index in [1.54, 1.807) is 0 Å². The van der Waals surface area contributed by atoms with Crippen LogP contribution < -0.4 is 14.2 Å². The molecule has 0 fully saturated rings. The number of carboxylic acid groups (broad SMARTS) is 3. The largest absolute Gasteiger partial charge is 0.478 e. The van der Waals surface area contributed by atoms with E-state index in [9.17, 15) is 39.6 Å². The van der Waals surface area contributed by atoms with Crippen molar-refractivity contribution in [3.63, 3.8) is 0 Å². The van der Waals surface area contributed by atoms with Crippen LogP contribution in [0.5, 0.6) is 0 Å². The van der Waals surface area contributed by atoms with Crippen molar-refractivity contribution in [2.75, 3.05) is 14.2 Å². The van der Waals surface area contributed by atoms with Crippen molar-refractivity contribution < 1.29 is 55.0 Å². The lowest BCUT2D eigenvalue weighted by molar-refractivity contribution is 0.0686. The zero-order valence-electron chi connectivity index (χ0n) is 24.6. The van der Waals surface area contributed by atoms with Crippen LogP contribution in [0.2, 0.25) is 0 Å². The number of hydrogen-bond donors (Lipinski definition) is 6. The summed E-state index contributed by atoms with van der Waals surface area (Å²) in [5.41, 5.74) is -0.426. The average molecular weight is 726 g/mol. The SMILES string of the molecule is O=C(O)c1ccc(NS(=O)(=O)c2ccc3c(S(=O)(=O)Nc4ccc(C(=O)O)cc4)cc(S(=O)(=O)Nc4ccc(C(=O)O)cc4)cc3c2)cc1. The van der Waals surface area contributed by atoms with E-state index in [1.807, 2.05) is 0 Å². The van der Waals surface area contributed by atoms with E-state index < -0.39 is 62.7 Å². The van der Waals surface area contributed by atoms with Crippen LogP contribution in [0.4, 0.5) is 17.1 Å². The summed E-state index contributed by atoms with van der Waals surface area (Å²) in [6, 6.07) is 19.3. The molecule has 5 aromatic rings. The lowest BCUT2D eigenvalue weighted by Crippen LogP contribution is -2.17. The predicted molar refractivity (Wildman–Crippen MR) is 177 cm³/mol. The summed E-state index contributed by atoms with van der Waals surface area (Å²) < 4.78 is 87.8. The maximum Gasteiger partial charge on any atom is 0.335 e. The summed E-state index contributed by atoms with van der Waals surface area (Å²) >= 11 is 0. The number of rotatable bonds is 12. The van der Waals surface area contributed by atoms with Crippen LogP contribution in [0.1, 0.15) is 31.1 Å². The molecular formula is C31H23N3O12S3. The molecule has 0 aliphatic heterocycles. The van der Waals surface area contributed by atoms with Crippen LogP contribution >= 0.6 is 0 Å².